The van der Waals surface area contributed by atoms with Crippen LogP contribution < -0.4 is 5.32 Å². The molecule has 2 amide bonds. The number of hydrogen-bond acceptors (Lipinski definition) is 5. The van der Waals surface area contributed by atoms with Crippen molar-refractivity contribution in [3.8, 4) is 11.3 Å². The molecule has 2 heterocycles. The van der Waals surface area contributed by atoms with E-state index in [1.807, 2.05) is 52.0 Å². The second kappa shape index (κ2) is 12.1. The number of carbonyl (C=O) groups is 2. The molecule has 1 aromatic heterocycles. The van der Waals surface area contributed by atoms with E-state index < -0.39 is 29.2 Å². The summed E-state index contributed by atoms with van der Waals surface area (Å²) in [4.78, 5) is 26.2. The molecular weight excluding hydrogens is 584 g/mol. The van der Waals surface area contributed by atoms with Gasteiger partial charge in [-0.3, -0.25) is 4.79 Å². The summed E-state index contributed by atoms with van der Waals surface area (Å²) >= 11 is 3.70. The SMILES string of the molecule is CC(=O)NCCc1ccccc1-c1onc([C@H]2CN(C(=O)OC(C)(C)C)[C@@H](C)C[C@@H]2c2ccc(F)c(F)c2)c1Br. The number of benzene rings is 2. The van der Waals surface area contributed by atoms with E-state index in [1.165, 1.54) is 13.0 Å². The zero-order chi connectivity index (χ0) is 29.2. The van der Waals surface area contributed by atoms with Crippen LogP contribution in [0.1, 0.15) is 69.7 Å². The maximum absolute atomic E-state index is 14.3. The van der Waals surface area contributed by atoms with Crippen molar-refractivity contribution in [2.45, 2.75) is 70.9 Å². The van der Waals surface area contributed by atoms with Gasteiger partial charge in [-0.15, -0.1) is 0 Å². The fourth-order valence-corrected chi connectivity index (χ4v) is 5.82. The van der Waals surface area contributed by atoms with Crippen LogP contribution in [0.3, 0.4) is 0 Å². The van der Waals surface area contributed by atoms with Gasteiger partial charge in [0.15, 0.2) is 17.4 Å². The van der Waals surface area contributed by atoms with Crippen LogP contribution in [0.4, 0.5) is 13.6 Å². The average Bonchev–Trinajstić information content (AvgIpc) is 3.25. The highest BCUT2D eigenvalue weighted by Gasteiger charge is 2.42. The molecule has 0 spiro atoms. The molecule has 0 bridgehead atoms. The highest BCUT2D eigenvalue weighted by atomic mass is 79.9. The Labute approximate surface area is 241 Å². The molecule has 1 saturated heterocycles. The molecule has 40 heavy (non-hydrogen) atoms. The number of hydrogen-bond donors (Lipinski definition) is 1. The van der Waals surface area contributed by atoms with Gasteiger partial charge in [-0.05, 0) is 85.6 Å². The first-order valence-corrected chi connectivity index (χ1v) is 14.1. The Morgan fingerprint density at radius 2 is 1.88 bits per heavy atom. The van der Waals surface area contributed by atoms with Crippen LogP contribution >= 0.6 is 15.9 Å². The van der Waals surface area contributed by atoms with Gasteiger partial charge in [0.2, 0.25) is 5.91 Å². The lowest BCUT2D eigenvalue weighted by Crippen LogP contribution is -2.49. The summed E-state index contributed by atoms with van der Waals surface area (Å²) in [7, 11) is 0. The average molecular weight is 619 g/mol. The van der Waals surface area contributed by atoms with Crippen molar-refractivity contribution in [2.75, 3.05) is 13.1 Å². The highest BCUT2D eigenvalue weighted by Crippen LogP contribution is 2.46. The van der Waals surface area contributed by atoms with Crippen LogP contribution in [0.5, 0.6) is 0 Å². The van der Waals surface area contributed by atoms with Crippen molar-refractivity contribution in [3.05, 3.63) is 75.4 Å². The largest absolute Gasteiger partial charge is 0.444 e. The maximum Gasteiger partial charge on any atom is 0.410 e. The highest BCUT2D eigenvalue weighted by molar-refractivity contribution is 9.10. The van der Waals surface area contributed by atoms with Crippen LogP contribution in [-0.2, 0) is 16.0 Å². The summed E-state index contributed by atoms with van der Waals surface area (Å²) in [6, 6.07) is 11.4. The van der Waals surface area contributed by atoms with Crippen molar-refractivity contribution in [1.82, 2.24) is 15.4 Å². The summed E-state index contributed by atoms with van der Waals surface area (Å²) in [6.45, 7) is 9.53. The van der Waals surface area contributed by atoms with E-state index in [4.69, 9.17) is 9.26 Å². The molecule has 1 aliphatic rings. The zero-order valence-electron chi connectivity index (χ0n) is 23.3. The molecule has 4 rings (SSSR count). The first kappa shape index (κ1) is 29.7. The number of rotatable bonds is 6. The summed E-state index contributed by atoms with van der Waals surface area (Å²) in [5.74, 6) is -2.10. The molecule has 1 aliphatic heterocycles. The number of nitrogens with one attached hydrogen (secondary N) is 1. The van der Waals surface area contributed by atoms with Gasteiger partial charge in [0.05, 0.1) is 4.47 Å². The molecular formula is C30H34BrF2N3O4. The molecule has 7 nitrogen and oxygen atoms in total. The standard InChI is InChI=1S/C30H34BrF2N3O4/c1-17-14-22(20-10-11-24(32)25(33)15-20)23(16-36(17)29(38)39-30(3,4)5)27-26(31)28(40-35-27)21-9-7-6-8-19(21)12-13-34-18(2)37/h6-11,15,17,22-23H,12-14,16H2,1-5H3,(H,34,37)/t17-,22+,23-/m0/s1. The lowest BCUT2D eigenvalue weighted by molar-refractivity contribution is -0.118. The number of halogens is 3. The number of carbonyl (C=O) groups excluding carboxylic acids is 2. The lowest BCUT2D eigenvalue weighted by Gasteiger charge is -2.42. The van der Waals surface area contributed by atoms with Gasteiger partial charge in [-0.2, -0.15) is 0 Å². The molecule has 214 valence electrons. The Balaban J connectivity index is 1.73. The van der Waals surface area contributed by atoms with Crippen LogP contribution in [0, 0.1) is 11.6 Å². The van der Waals surface area contributed by atoms with E-state index in [0.717, 1.165) is 17.2 Å². The Bertz CT molecular complexity index is 1390. The first-order valence-electron chi connectivity index (χ1n) is 13.3. The zero-order valence-corrected chi connectivity index (χ0v) is 24.8. The van der Waals surface area contributed by atoms with Crippen LogP contribution in [0.25, 0.3) is 11.3 Å². The summed E-state index contributed by atoms with van der Waals surface area (Å²) in [5.41, 5.74) is 2.29. The van der Waals surface area contributed by atoms with E-state index in [1.54, 1.807) is 11.0 Å². The van der Waals surface area contributed by atoms with E-state index in [0.29, 0.717) is 40.9 Å². The fourth-order valence-electron chi connectivity index (χ4n) is 5.16. The van der Waals surface area contributed by atoms with E-state index in [-0.39, 0.29) is 24.4 Å². The number of ether oxygens (including phenoxy) is 1. The third-order valence-electron chi connectivity index (χ3n) is 7.05. The third kappa shape index (κ3) is 6.71. The van der Waals surface area contributed by atoms with Crippen molar-refractivity contribution < 1.29 is 27.6 Å². The van der Waals surface area contributed by atoms with Crippen molar-refractivity contribution in [2.24, 2.45) is 0 Å². The molecule has 1 fully saturated rings. The van der Waals surface area contributed by atoms with Crippen molar-refractivity contribution in [1.29, 1.82) is 0 Å². The van der Waals surface area contributed by atoms with Crippen LogP contribution in [0.15, 0.2) is 51.5 Å². The lowest BCUT2D eigenvalue weighted by atomic mass is 9.76. The van der Waals surface area contributed by atoms with E-state index in [9.17, 15) is 18.4 Å². The second-order valence-electron chi connectivity index (χ2n) is 11.2. The van der Waals surface area contributed by atoms with Gasteiger partial charge >= 0.3 is 6.09 Å². The molecule has 3 atom stereocenters. The number of nitrogens with zero attached hydrogens (tertiary/aromatic N) is 2. The number of amides is 2. The molecule has 2 aromatic carbocycles. The molecule has 3 aromatic rings. The van der Waals surface area contributed by atoms with Gasteiger partial charge in [-0.1, -0.05) is 35.5 Å². The maximum atomic E-state index is 14.3. The Kier molecular flexibility index (Phi) is 8.97. The summed E-state index contributed by atoms with van der Waals surface area (Å²) in [5, 5.41) is 7.25. The molecule has 0 unspecified atom stereocenters. The van der Waals surface area contributed by atoms with Gasteiger partial charge < -0.3 is 19.5 Å². The summed E-state index contributed by atoms with van der Waals surface area (Å²) in [6.07, 6.45) is 0.622. The van der Waals surface area contributed by atoms with Gasteiger partial charge in [-0.25, -0.2) is 13.6 Å². The quantitative estimate of drug-likeness (QED) is 0.323. The Morgan fingerprint density at radius 1 is 1.15 bits per heavy atom. The molecule has 0 saturated carbocycles. The Morgan fingerprint density at radius 3 is 2.55 bits per heavy atom. The van der Waals surface area contributed by atoms with Gasteiger partial charge in [0.25, 0.3) is 0 Å². The van der Waals surface area contributed by atoms with Crippen LogP contribution in [-0.4, -0.2) is 46.8 Å². The predicted molar refractivity (Wildman–Crippen MR) is 151 cm³/mol. The first-order chi connectivity index (χ1) is 18.9. The molecule has 1 N–H and O–H groups in total. The third-order valence-corrected chi connectivity index (χ3v) is 7.81. The minimum Gasteiger partial charge on any atom is -0.444 e. The minimum atomic E-state index is -0.925. The molecule has 0 aliphatic carbocycles. The van der Waals surface area contributed by atoms with Gasteiger partial charge in [0.1, 0.15) is 11.3 Å². The minimum absolute atomic E-state index is 0.107. The van der Waals surface area contributed by atoms with E-state index >= 15 is 0 Å². The smallest absolute Gasteiger partial charge is 0.410 e. The number of piperidine rings is 1. The van der Waals surface area contributed by atoms with Crippen molar-refractivity contribution >= 4 is 27.9 Å². The molecule has 0 radical (unpaired) electrons. The van der Waals surface area contributed by atoms with Crippen LogP contribution in [0.2, 0.25) is 0 Å². The topological polar surface area (TPSA) is 84.7 Å². The number of aromatic nitrogens is 1. The fraction of sp³-hybridized carbons (Fsp3) is 0.433. The van der Waals surface area contributed by atoms with Gasteiger partial charge in [0, 0.05) is 37.5 Å². The summed E-state index contributed by atoms with van der Waals surface area (Å²) < 4.78 is 40.3. The second-order valence-corrected chi connectivity index (χ2v) is 12.0. The normalized spacial score (nSPS) is 19.4. The monoisotopic (exact) mass is 617 g/mol. The molecule has 10 heteroatoms. The Hall–Kier alpha value is -3.27. The number of likely N-dealkylation sites (tertiary alicyclic amines) is 1. The van der Waals surface area contributed by atoms with Crippen molar-refractivity contribution in [3.63, 3.8) is 0 Å². The predicted octanol–water partition coefficient (Wildman–Crippen LogP) is 6.96. The van der Waals surface area contributed by atoms with E-state index in [2.05, 4.69) is 26.4 Å².